The minimum atomic E-state index is -0.510. The van der Waals surface area contributed by atoms with Gasteiger partial charge in [-0.25, -0.2) is 18.7 Å². The average molecular weight is 477 g/mol. The summed E-state index contributed by atoms with van der Waals surface area (Å²) < 4.78 is 23.7. The van der Waals surface area contributed by atoms with Gasteiger partial charge in [0.05, 0.1) is 24.7 Å². The molecule has 2 aromatic heterocycles. The standard InChI is InChI=1S/C27H29FN4O3/c1-27(2,3)19-8-6-18(7-9-19)15-30-17-29-24-23(30)25(33)31(16-22-5-4-14-35-22)26(34)32(24)21-12-10-20(28)11-13-21/h6-13,17,22H,4-5,14-16H2,1-3H3. The summed E-state index contributed by atoms with van der Waals surface area (Å²) in [4.78, 5) is 31.6. The number of halogens is 1. The predicted octanol–water partition coefficient (Wildman–Crippen LogP) is 4.01. The van der Waals surface area contributed by atoms with E-state index in [1.165, 1.54) is 39.0 Å². The molecule has 1 atom stereocenters. The lowest BCUT2D eigenvalue weighted by molar-refractivity contribution is 0.0950. The van der Waals surface area contributed by atoms with Gasteiger partial charge in [-0.05, 0) is 53.6 Å². The van der Waals surface area contributed by atoms with E-state index < -0.39 is 17.1 Å². The molecule has 1 aliphatic rings. The van der Waals surface area contributed by atoms with Crippen LogP contribution in [-0.4, -0.2) is 31.4 Å². The summed E-state index contributed by atoms with van der Waals surface area (Å²) in [6.45, 7) is 7.71. The van der Waals surface area contributed by atoms with Crippen LogP contribution in [0.1, 0.15) is 44.7 Å². The van der Waals surface area contributed by atoms with E-state index >= 15 is 0 Å². The first-order chi connectivity index (χ1) is 16.7. The molecule has 1 aliphatic heterocycles. The fourth-order valence-corrected chi connectivity index (χ4v) is 4.58. The first-order valence-electron chi connectivity index (χ1n) is 11.9. The van der Waals surface area contributed by atoms with Crippen molar-refractivity contribution < 1.29 is 9.13 Å². The topological polar surface area (TPSA) is 71.1 Å². The Labute approximate surface area is 202 Å². The Morgan fingerprint density at radius 3 is 2.40 bits per heavy atom. The third-order valence-electron chi connectivity index (χ3n) is 6.57. The highest BCUT2D eigenvalue weighted by Gasteiger charge is 2.23. The van der Waals surface area contributed by atoms with Crippen LogP contribution in [0.2, 0.25) is 0 Å². The van der Waals surface area contributed by atoms with Gasteiger partial charge in [-0.2, -0.15) is 0 Å². The van der Waals surface area contributed by atoms with Crippen molar-refractivity contribution in [2.45, 2.75) is 58.2 Å². The molecule has 3 heterocycles. The molecule has 7 nitrogen and oxygen atoms in total. The third-order valence-corrected chi connectivity index (χ3v) is 6.57. The van der Waals surface area contributed by atoms with Gasteiger partial charge in [-0.15, -0.1) is 0 Å². The lowest BCUT2D eigenvalue weighted by Gasteiger charge is -2.19. The number of imidazole rings is 1. The number of hydrogen-bond acceptors (Lipinski definition) is 4. The number of hydrogen-bond donors (Lipinski definition) is 0. The highest BCUT2D eigenvalue weighted by Crippen LogP contribution is 2.23. The second kappa shape index (κ2) is 8.92. The summed E-state index contributed by atoms with van der Waals surface area (Å²) in [5, 5.41) is 0. The minimum Gasteiger partial charge on any atom is -0.376 e. The van der Waals surface area contributed by atoms with Crippen LogP contribution in [0.25, 0.3) is 16.9 Å². The van der Waals surface area contributed by atoms with Gasteiger partial charge >= 0.3 is 5.69 Å². The molecule has 0 aliphatic carbocycles. The van der Waals surface area contributed by atoms with Gasteiger partial charge in [0.1, 0.15) is 5.82 Å². The molecule has 0 saturated carbocycles. The van der Waals surface area contributed by atoms with Crippen LogP contribution in [-0.2, 0) is 23.2 Å². The van der Waals surface area contributed by atoms with Gasteiger partial charge < -0.3 is 9.30 Å². The lowest BCUT2D eigenvalue weighted by atomic mass is 9.87. The van der Waals surface area contributed by atoms with Crippen LogP contribution in [0.5, 0.6) is 0 Å². The minimum absolute atomic E-state index is 0.0432. The second-order valence-electron chi connectivity index (χ2n) is 10.1. The van der Waals surface area contributed by atoms with Crippen LogP contribution < -0.4 is 11.2 Å². The molecule has 5 rings (SSSR count). The highest BCUT2D eigenvalue weighted by molar-refractivity contribution is 5.72. The molecule has 182 valence electrons. The van der Waals surface area contributed by atoms with Crippen LogP contribution in [0.15, 0.2) is 64.4 Å². The molecule has 2 aromatic carbocycles. The van der Waals surface area contributed by atoms with Gasteiger partial charge in [0.25, 0.3) is 5.56 Å². The maximum absolute atomic E-state index is 13.6. The number of fused-ring (bicyclic) bond motifs is 1. The van der Waals surface area contributed by atoms with E-state index in [1.807, 2.05) is 12.1 Å². The molecule has 0 spiro atoms. The summed E-state index contributed by atoms with van der Waals surface area (Å²) in [6, 6.07) is 13.9. The van der Waals surface area contributed by atoms with Crippen molar-refractivity contribution in [3.63, 3.8) is 0 Å². The molecular weight excluding hydrogens is 447 g/mol. The van der Waals surface area contributed by atoms with E-state index in [2.05, 4.69) is 37.9 Å². The summed E-state index contributed by atoms with van der Waals surface area (Å²) in [5.74, 6) is -0.407. The molecule has 4 aromatic rings. The van der Waals surface area contributed by atoms with E-state index in [-0.39, 0.29) is 23.7 Å². The Bertz CT molecular complexity index is 1470. The molecule has 1 fully saturated rings. The largest absolute Gasteiger partial charge is 0.376 e. The fraction of sp³-hybridized carbons (Fsp3) is 0.370. The second-order valence-corrected chi connectivity index (χ2v) is 10.1. The summed E-state index contributed by atoms with van der Waals surface area (Å²) in [7, 11) is 0. The van der Waals surface area contributed by atoms with Crippen LogP contribution >= 0.6 is 0 Å². The Hall–Kier alpha value is -3.52. The first-order valence-corrected chi connectivity index (χ1v) is 11.9. The van der Waals surface area contributed by atoms with Gasteiger partial charge in [0.15, 0.2) is 11.2 Å². The van der Waals surface area contributed by atoms with Crippen molar-refractivity contribution in [1.29, 1.82) is 0 Å². The van der Waals surface area contributed by atoms with Crippen molar-refractivity contribution in [2.75, 3.05) is 6.61 Å². The van der Waals surface area contributed by atoms with Crippen LogP contribution in [0, 0.1) is 5.82 Å². The number of nitrogens with zero attached hydrogens (tertiary/aromatic N) is 4. The van der Waals surface area contributed by atoms with E-state index in [1.54, 1.807) is 10.9 Å². The maximum atomic E-state index is 13.6. The zero-order chi connectivity index (χ0) is 24.7. The quantitative estimate of drug-likeness (QED) is 0.436. The smallest absolute Gasteiger partial charge is 0.337 e. The molecule has 1 unspecified atom stereocenters. The molecule has 35 heavy (non-hydrogen) atoms. The Morgan fingerprint density at radius 1 is 1.06 bits per heavy atom. The molecule has 1 saturated heterocycles. The normalized spacial score (nSPS) is 16.3. The summed E-state index contributed by atoms with van der Waals surface area (Å²) in [5.41, 5.74) is 2.40. The van der Waals surface area contributed by atoms with Gasteiger partial charge in [-0.1, -0.05) is 45.0 Å². The van der Waals surface area contributed by atoms with Crippen molar-refractivity contribution in [1.82, 2.24) is 18.7 Å². The van der Waals surface area contributed by atoms with Crippen LogP contribution in [0.4, 0.5) is 4.39 Å². The molecule has 0 radical (unpaired) electrons. The Morgan fingerprint density at radius 2 is 1.77 bits per heavy atom. The van der Waals surface area contributed by atoms with E-state index in [9.17, 15) is 14.0 Å². The van der Waals surface area contributed by atoms with Crippen LogP contribution in [0.3, 0.4) is 0 Å². The lowest BCUT2D eigenvalue weighted by Crippen LogP contribution is -2.42. The third kappa shape index (κ3) is 4.46. The van der Waals surface area contributed by atoms with Crippen molar-refractivity contribution >= 4 is 11.2 Å². The number of aromatic nitrogens is 4. The number of benzene rings is 2. The van der Waals surface area contributed by atoms with Gasteiger partial charge in [0.2, 0.25) is 0 Å². The zero-order valence-corrected chi connectivity index (χ0v) is 20.2. The highest BCUT2D eigenvalue weighted by atomic mass is 19.1. The van der Waals surface area contributed by atoms with Crippen molar-refractivity contribution in [2.24, 2.45) is 0 Å². The molecule has 0 N–H and O–H groups in total. The Kier molecular flexibility index (Phi) is 5.92. The zero-order valence-electron chi connectivity index (χ0n) is 20.2. The predicted molar refractivity (Wildman–Crippen MR) is 133 cm³/mol. The van der Waals surface area contributed by atoms with Crippen molar-refractivity contribution in [3.8, 4) is 5.69 Å². The fourth-order valence-electron chi connectivity index (χ4n) is 4.58. The monoisotopic (exact) mass is 476 g/mol. The van der Waals surface area contributed by atoms with Gasteiger partial charge in [-0.3, -0.25) is 9.36 Å². The van der Waals surface area contributed by atoms with Crippen molar-refractivity contribution in [3.05, 3.63) is 92.6 Å². The maximum Gasteiger partial charge on any atom is 0.337 e. The molecule has 8 heteroatoms. The molecule has 0 bridgehead atoms. The van der Waals surface area contributed by atoms with E-state index in [4.69, 9.17) is 4.74 Å². The number of ether oxygens (including phenoxy) is 1. The number of rotatable bonds is 5. The summed E-state index contributed by atoms with van der Waals surface area (Å²) >= 11 is 0. The molecular formula is C27H29FN4O3. The van der Waals surface area contributed by atoms with Gasteiger partial charge in [0, 0.05) is 13.2 Å². The van der Waals surface area contributed by atoms with E-state index in [0.29, 0.717) is 24.4 Å². The van der Waals surface area contributed by atoms with E-state index in [0.717, 1.165) is 18.4 Å². The SMILES string of the molecule is CC(C)(C)c1ccc(Cn2cnc3c2c(=O)n(CC2CCCO2)c(=O)n3-c2ccc(F)cc2)cc1. The molecule has 0 amide bonds. The summed E-state index contributed by atoms with van der Waals surface area (Å²) in [6.07, 6.45) is 3.08. The first kappa shape index (κ1) is 23.2. The average Bonchev–Trinajstić information content (AvgIpc) is 3.48. The Balaban J connectivity index is 1.65.